The Morgan fingerprint density at radius 1 is 1.00 bits per heavy atom. The fourth-order valence-electron chi connectivity index (χ4n) is 3.51. The third-order valence-corrected chi connectivity index (χ3v) is 5.26. The lowest BCUT2D eigenvalue weighted by atomic mass is 10.2. The van der Waals surface area contributed by atoms with Crippen LogP contribution in [0.3, 0.4) is 0 Å². The Kier molecular flexibility index (Phi) is 7.42. The van der Waals surface area contributed by atoms with Gasteiger partial charge in [-0.2, -0.15) is 0 Å². The van der Waals surface area contributed by atoms with Gasteiger partial charge in [-0.1, -0.05) is 17.7 Å². The number of piperazine rings is 1. The van der Waals surface area contributed by atoms with Crippen molar-refractivity contribution in [2.75, 3.05) is 44.2 Å². The zero-order valence-electron chi connectivity index (χ0n) is 16.1. The molecule has 2 heterocycles. The topological polar surface area (TPSA) is 45.9 Å². The van der Waals surface area contributed by atoms with Crippen molar-refractivity contribution in [2.45, 2.75) is 6.42 Å². The third-order valence-electron chi connectivity index (χ3n) is 5.03. The molecule has 0 unspecified atom stereocenters. The van der Waals surface area contributed by atoms with Crippen LogP contribution in [0.4, 0.5) is 5.69 Å². The molecule has 2 aromatic carbocycles. The fourth-order valence-corrected chi connectivity index (χ4v) is 3.70. The Hall–Kier alpha value is -2.21. The number of anilines is 1. The number of ether oxygens (including phenoxy) is 1. The molecule has 0 N–H and O–H groups in total. The van der Waals surface area contributed by atoms with Crippen LogP contribution in [0.5, 0.6) is 5.75 Å². The zero-order chi connectivity index (χ0) is 19.3. The lowest BCUT2D eigenvalue weighted by Gasteiger charge is -2.36. The van der Waals surface area contributed by atoms with Crippen molar-refractivity contribution in [3.05, 3.63) is 70.0 Å². The van der Waals surface area contributed by atoms with Crippen LogP contribution in [0, 0.1) is 0 Å². The molecule has 0 saturated carbocycles. The summed E-state index contributed by atoms with van der Waals surface area (Å²) in [5.41, 5.74) is 1.40. The molecule has 4 rings (SSSR count). The molecule has 1 aromatic heterocycles. The fraction of sp³-hybridized carbons (Fsp3) is 0.318. The second kappa shape index (κ2) is 10.0. The molecule has 0 spiro atoms. The number of hydrogen-bond donors (Lipinski definition) is 0. The Morgan fingerprint density at radius 2 is 1.79 bits per heavy atom. The molecule has 5 nitrogen and oxygen atoms in total. The Morgan fingerprint density at radius 3 is 2.59 bits per heavy atom. The standard InChI is InChI=1S/C22H23ClN2O3.ClH/c23-18-3-1-4-19(15-18)25-12-10-24(11-13-25)9-2-14-27-20-7-5-17-6-8-22(26)28-21(17)16-20;/h1,3-8,15-16H,2,9-14H2;1H. The van der Waals surface area contributed by atoms with E-state index in [1.165, 1.54) is 11.8 Å². The van der Waals surface area contributed by atoms with Crippen LogP contribution >= 0.6 is 24.0 Å². The molecule has 0 amide bonds. The second-order valence-corrected chi connectivity index (χ2v) is 7.40. The van der Waals surface area contributed by atoms with Crippen molar-refractivity contribution in [1.82, 2.24) is 4.90 Å². The average molecular weight is 435 g/mol. The largest absolute Gasteiger partial charge is 0.493 e. The first-order chi connectivity index (χ1) is 13.7. The van der Waals surface area contributed by atoms with E-state index in [4.69, 9.17) is 20.8 Å². The maximum absolute atomic E-state index is 11.3. The number of rotatable bonds is 6. The number of fused-ring (bicyclic) bond motifs is 1. The van der Waals surface area contributed by atoms with Gasteiger partial charge in [0.2, 0.25) is 0 Å². The van der Waals surface area contributed by atoms with Crippen LogP contribution in [0.2, 0.25) is 5.02 Å². The molecule has 0 radical (unpaired) electrons. The first-order valence-corrected chi connectivity index (χ1v) is 9.95. The van der Waals surface area contributed by atoms with E-state index in [9.17, 15) is 4.79 Å². The van der Waals surface area contributed by atoms with Crippen molar-refractivity contribution in [1.29, 1.82) is 0 Å². The van der Waals surface area contributed by atoms with Gasteiger partial charge in [0.25, 0.3) is 0 Å². The molecule has 0 atom stereocenters. The van der Waals surface area contributed by atoms with Gasteiger partial charge in [-0.3, -0.25) is 4.90 Å². The number of halogens is 2. The molecule has 0 aliphatic carbocycles. The molecule has 154 valence electrons. The van der Waals surface area contributed by atoms with E-state index in [1.807, 2.05) is 30.3 Å². The van der Waals surface area contributed by atoms with Crippen molar-refractivity contribution in [2.24, 2.45) is 0 Å². The van der Waals surface area contributed by atoms with Gasteiger partial charge in [-0.25, -0.2) is 4.79 Å². The van der Waals surface area contributed by atoms with E-state index in [0.717, 1.165) is 55.3 Å². The van der Waals surface area contributed by atoms with Crippen LogP contribution < -0.4 is 15.3 Å². The summed E-state index contributed by atoms with van der Waals surface area (Å²) in [5.74, 6) is 0.729. The molecule has 1 aliphatic rings. The van der Waals surface area contributed by atoms with Gasteiger partial charge in [0.05, 0.1) is 6.61 Å². The molecule has 3 aromatic rings. The predicted octanol–water partition coefficient (Wildman–Crippen LogP) is 4.46. The summed E-state index contributed by atoms with van der Waals surface area (Å²) in [6, 6.07) is 16.8. The molecule has 29 heavy (non-hydrogen) atoms. The maximum Gasteiger partial charge on any atom is 0.336 e. The highest BCUT2D eigenvalue weighted by molar-refractivity contribution is 6.30. The Balaban J connectivity index is 0.00000240. The monoisotopic (exact) mass is 434 g/mol. The van der Waals surface area contributed by atoms with E-state index in [0.29, 0.717) is 12.2 Å². The lowest BCUT2D eigenvalue weighted by Crippen LogP contribution is -2.46. The van der Waals surface area contributed by atoms with E-state index in [2.05, 4.69) is 15.9 Å². The van der Waals surface area contributed by atoms with Crippen LogP contribution in [0.25, 0.3) is 11.0 Å². The summed E-state index contributed by atoms with van der Waals surface area (Å²) in [4.78, 5) is 16.2. The van der Waals surface area contributed by atoms with E-state index >= 15 is 0 Å². The first kappa shape index (κ1) is 21.5. The van der Waals surface area contributed by atoms with E-state index < -0.39 is 0 Å². The number of nitrogens with zero attached hydrogens (tertiary/aromatic N) is 2. The molecule has 7 heteroatoms. The van der Waals surface area contributed by atoms with Gasteiger partial charge < -0.3 is 14.1 Å². The lowest BCUT2D eigenvalue weighted by molar-refractivity contribution is 0.225. The average Bonchev–Trinajstić information content (AvgIpc) is 2.71. The molecule has 0 bridgehead atoms. The smallest absolute Gasteiger partial charge is 0.336 e. The van der Waals surface area contributed by atoms with Gasteiger partial charge in [0.15, 0.2) is 0 Å². The Labute approximate surface area is 181 Å². The minimum atomic E-state index is -0.346. The summed E-state index contributed by atoms with van der Waals surface area (Å²) in [5, 5.41) is 1.68. The minimum Gasteiger partial charge on any atom is -0.493 e. The Bertz CT molecular complexity index is 1000. The SMILES string of the molecule is Cl.O=c1ccc2ccc(OCCCN3CCN(c4cccc(Cl)c4)CC3)cc2o1. The van der Waals surface area contributed by atoms with Gasteiger partial charge in [-0.15, -0.1) is 12.4 Å². The molecular formula is C22H24Cl2N2O3. The number of hydrogen-bond acceptors (Lipinski definition) is 5. The van der Waals surface area contributed by atoms with Gasteiger partial charge in [0, 0.05) is 61.0 Å². The summed E-state index contributed by atoms with van der Waals surface area (Å²) in [6.07, 6.45) is 0.952. The zero-order valence-corrected chi connectivity index (χ0v) is 17.6. The molecular weight excluding hydrogens is 411 g/mol. The summed E-state index contributed by atoms with van der Waals surface area (Å²) >= 11 is 6.10. The summed E-state index contributed by atoms with van der Waals surface area (Å²) in [7, 11) is 0. The van der Waals surface area contributed by atoms with Crippen molar-refractivity contribution in [3.8, 4) is 5.75 Å². The highest BCUT2D eigenvalue weighted by Crippen LogP contribution is 2.21. The first-order valence-electron chi connectivity index (χ1n) is 9.57. The van der Waals surface area contributed by atoms with Crippen LogP contribution in [-0.2, 0) is 0 Å². The highest BCUT2D eigenvalue weighted by atomic mass is 35.5. The molecule has 1 aliphatic heterocycles. The van der Waals surface area contributed by atoms with E-state index in [1.54, 1.807) is 12.1 Å². The van der Waals surface area contributed by atoms with Crippen LogP contribution in [0.1, 0.15) is 6.42 Å². The molecule has 1 saturated heterocycles. The quantitative estimate of drug-likeness (QED) is 0.423. The minimum absolute atomic E-state index is 0. The third kappa shape index (κ3) is 5.66. The van der Waals surface area contributed by atoms with Crippen LogP contribution in [0.15, 0.2) is 63.8 Å². The van der Waals surface area contributed by atoms with Gasteiger partial charge >= 0.3 is 5.63 Å². The van der Waals surface area contributed by atoms with Gasteiger partial charge in [0.1, 0.15) is 11.3 Å². The van der Waals surface area contributed by atoms with Gasteiger partial charge in [-0.05, 0) is 42.8 Å². The summed E-state index contributed by atoms with van der Waals surface area (Å²) < 4.78 is 11.0. The van der Waals surface area contributed by atoms with Crippen molar-refractivity contribution < 1.29 is 9.15 Å². The normalized spacial score (nSPS) is 14.6. The molecule has 1 fully saturated rings. The second-order valence-electron chi connectivity index (χ2n) is 6.96. The predicted molar refractivity (Wildman–Crippen MR) is 120 cm³/mol. The maximum atomic E-state index is 11.3. The number of benzene rings is 2. The van der Waals surface area contributed by atoms with Crippen LogP contribution in [-0.4, -0.2) is 44.2 Å². The van der Waals surface area contributed by atoms with Crippen molar-refractivity contribution in [3.63, 3.8) is 0 Å². The summed E-state index contributed by atoms with van der Waals surface area (Å²) in [6.45, 7) is 5.72. The highest BCUT2D eigenvalue weighted by Gasteiger charge is 2.17. The van der Waals surface area contributed by atoms with E-state index in [-0.39, 0.29) is 18.0 Å². The van der Waals surface area contributed by atoms with Crippen molar-refractivity contribution >= 4 is 40.7 Å².